The maximum absolute atomic E-state index is 5.98. The molecule has 0 saturated heterocycles. The summed E-state index contributed by atoms with van der Waals surface area (Å²) in [6.07, 6.45) is 1.62. The fraction of sp³-hybridized carbons (Fsp3) is 0.278. The fourth-order valence-corrected chi connectivity index (χ4v) is 2.57. The Hall–Kier alpha value is -2.69. The highest BCUT2D eigenvalue weighted by Gasteiger charge is 2.05. The van der Waals surface area contributed by atoms with E-state index >= 15 is 0 Å². The number of nitrogens with zero attached hydrogens (tertiary/aromatic N) is 3. The minimum absolute atomic E-state index is 0.590. The van der Waals surface area contributed by atoms with E-state index in [1.807, 2.05) is 12.1 Å². The topological polar surface area (TPSA) is 63.7 Å². The molecular weight excluding hydrogens is 288 g/mol. The zero-order valence-electron chi connectivity index (χ0n) is 13.4. The second kappa shape index (κ2) is 7.05. The van der Waals surface area contributed by atoms with E-state index in [0.717, 1.165) is 24.4 Å². The van der Waals surface area contributed by atoms with Crippen molar-refractivity contribution >= 4 is 0 Å². The lowest BCUT2D eigenvalue weighted by atomic mass is 10.0. The molecule has 3 rings (SSSR count). The Bertz CT molecular complexity index is 748. The first-order valence-electron chi connectivity index (χ1n) is 7.71. The molecule has 1 N–H and O–H groups in total. The third kappa shape index (κ3) is 3.94. The van der Waals surface area contributed by atoms with Gasteiger partial charge in [0.1, 0.15) is 12.4 Å². The number of tetrazole rings is 1. The second-order valence-electron chi connectivity index (χ2n) is 5.63. The first-order valence-corrected chi connectivity index (χ1v) is 7.71. The Morgan fingerprint density at radius 2 is 1.78 bits per heavy atom. The van der Waals surface area contributed by atoms with E-state index in [1.165, 1.54) is 22.3 Å². The molecule has 3 aromatic rings. The highest BCUT2D eigenvalue weighted by atomic mass is 16.5. The number of rotatable bonds is 6. The molecule has 0 amide bonds. The van der Waals surface area contributed by atoms with Crippen LogP contribution in [0.25, 0.3) is 0 Å². The molecule has 0 aliphatic rings. The molecule has 0 bridgehead atoms. The molecule has 0 spiro atoms. The zero-order valence-corrected chi connectivity index (χ0v) is 13.4. The summed E-state index contributed by atoms with van der Waals surface area (Å²) in [5.41, 5.74) is 4.98. The predicted molar refractivity (Wildman–Crippen MR) is 88.3 cm³/mol. The second-order valence-corrected chi connectivity index (χ2v) is 5.63. The van der Waals surface area contributed by atoms with Gasteiger partial charge in [-0.3, -0.25) is 0 Å². The summed E-state index contributed by atoms with van der Waals surface area (Å²) in [5.74, 6) is 1.62. The molecule has 1 aromatic heterocycles. The van der Waals surface area contributed by atoms with Gasteiger partial charge in [-0.2, -0.15) is 5.21 Å². The third-order valence-corrected chi connectivity index (χ3v) is 3.95. The lowest BCUT2D eigenvalue weighted by Crippen LogP contribution is -2.01. The maximum atomic E-state index is 5.98. The molecule has 0 radical (unpaired) electrons. The molecule has 5 heteroatoms. The molecule has 118 valence electrons. The lowest BCUT2D eigenvalue weighted by Gasteiger charge is -2.12. The monoisotopic (exact) mass is 308 g/mol. The summed E-state index contributed by atoms with van der Waals surface area (Å²) in [5, 5.41) is 14.0. The number of nitrogens with one attached hydrogen (secondary N) is 1. The standard InChI is InChI=1S/C18H20N4O/c1-13-5-3-6-14(2)17(13)12-23-16-8-4-7-15(11-16)9-10-18-19-21-22-20-18/h3-8,11H,9-10,12H2,1-2H3,(H,19,20,21,22). The molecule has 0 aliphatic carbocycles. The lowest BCUT2D eigenvalue weighted by molar-refractivity contribution is 0.304. The number of hydrogen-bond donors (Lipinski definition) is 1. The van der Waals surface area contributed by atoms with Crippen molar-refractivity contribution in [3.05, 3.63) is 70.5 Å². The van der Waals surface area contributed by atoms with Gasteiger partial charge in [0.15, 0.2) is 5.82 Å². The molecule has 23 heavy (non-hydrogen) atoms. The number of H-pyrrole nitrogens is 1. The maximum Gasteiger partial charge on any atom is 0.174 e. The minimum atomic E-state index is 0.590. The van der Waals surface area contributed by atoms with Crippen LogP contribution in [-0.4, -0.2) is 20.6 Å². The molecule has 0 fully saturated rings. The van der Waals surface area contributed by atoms with E-state index in [9.17, 15) is 0 Å². The predicted octanol–water partition coefficient (Wildman–Crippen LogP) is 3.18. The van der Waals surface area contributed by atoms with Crippen LogP contribution in [0.1, 0.15) is 28.1 Å². The Kier molecular flexibility index (Phi) is 4.66. The van der Waals surface area contributed by atoms with E-state index in [-0.39, 0.29) is 0 Å². The van der Waals surface area contributed by atoms with Gasteiger partial charge in [-0.05, 0) is 54.7 Å². The number of ether oxygens (including phenoxy) is 1. The van der Waals surface area contributed by atoms with Crippen molar-refractivity contribution in [2.45, 2.75) is 33.3 Å². The molecule has 5 nitrogen and oxygen atoms in total. The van der Waals surface area contributed by atoms with Gasteiger partial charge in [0.25, 0.3) is 0 Å². The highest BCUT2D eigenvalue weighted by molar-refractivity contribution is 5.34. The normalized spacial score (nSPS) is 10.7. The fourth-order valence-electron chi connectivity index (χ4n) is 2.57. The summed E-state index contributed by atoms with van der Waals surface area (Å²) >= 11 is 0. The van der Waals surface area contributed by atoms with Crippen LogP contribution in [0, 0.1) is 13.8 Å². The van der Waals surface area contributed by atoms with Crippen molar-refractivity contribution in [1.29, 1.82) is 0 Å². The van der Waals surface area contributed by atoms with Crippen LogP contribution in [0.3, 0.4) is 0 Å². The van der Waals surface area contributed by atoms with Gasteiger partial charge in [-0.25, -0.2) is 0 Å². The van der Waals surface area contributed by atoms with Crippen molar-refractivity contribution in [2.75, 3.05) is 0 Å². The van der Waals surface area contributed by atoms with Crippen LogP contribution in [0.15, 0.2) is 42.5 Å². The Labute approximate surface area is 135 Å². The molecule has 0 saturated carbocycles. The van der Waals surface area contributed by atoms with Gasteiger partial charge < -0.3 is 4.74 Å². The zero-order chi connectivity index (χ0) is 16.1. The van der Waals surface area contributed by atoms with Crippen LogP contribution in [0.4, 0.5) is 0 Å². The summed E-state index contributed by atoms with van der Waals surface area (Å²) in [4.78, 5) is 0. The smallest absolute Gasteiger partial charge is 0.174 e. The molecule has 0 atom stereocenters. The average Bonchev–Trinajstić information content (AvgIpc) is 3.06. The van der Waals surface area contributed by atoms with Gasteiger partial charge in [0.2, 0.25) is 0 Å². The average molecular weight is 308 g/mol. The van der Waals surface area contributed by atoms with Gasteiger partial charge in [0, 0.05) is 6.42 Å². The van der Waals surface area contributed by atoms with Crippen molar-refractivity contribution < 1.29 is 4.74 Å². The van der Waals surface area contributed by atoms with E-state index in [0.29, 0.717) is 6.61 Å². The Morgan fingerprint density at radius 1 is 1.00 bits per heavy atom. The molecular formula is C18H20N4O. The molecule has 1 heterocycles. The van der Waals surface area contributed by atoms with Crippen molar-refractivity contribution in [2.24, 2.45) is 0 Å². The third-order valence-electron chi connectivity index (χ3n) is 3.95. The van der Waals surface area contributed by atoms with Gasteiger partial charge >= 0.3 is 0 Å². The van der Waals surface area contributed by atoms with E-state index < -0.39 is 0 Å². The van der Waals surface area contributed by atoms with Crippen molar-refractivity contribution in [3.63, 3.8) is 0 Å². The number of hydrogen-bond acceptors (Lipinski definition) is 4. The number of aromatic nitrogens is 4. The van der Waals surface area contributed by atoms with Gasteiger partial charge in [-0.15, -0.1) is 10.2 Å². The van der Waals surface area contributed by atoms with Crippen LogP contribution in [-0.2, 0) is 19.4 Å². The first kappa shape index (κ1) is 15.2. The Morgan fingerprint density at radius 3 is 2.52 bits per heavy atom. The largest absolute Gasteiger partial charge is 0.489 e. The number of benzene rings is 2. The van der Waals surface area contributed by atoms with E-state index in [2.05, 4.69) is 64.8 Å². The van der Waals surface area contributed by atoms with Crippen LogP contribution >= 0.6 is 0 Å². The van der Waals surface area contributed by atoms with Crippen molar-refractivity contribution in [3.8, 4) is 5.75 Å². The molecule has 0 aliphatic heterocycles. The van der Waals surface area contributed by atoms with Gasteiger partial charge in [-0.1, -0.05) is 35.5 Å². The van der Waals surface area contributed by atoms with E-state index in [1.54, 1.807) is 0 Å². The Balaban J connectivity index is 1.63. The van der Waals surface area contributed by atoms with Crippen molar-refractivity contribution in [1.82, 2.24) is 20.6 Å². The number of aromatic amines is 1. The SMILES string of the molecule is Cc1cccc(C)c1COc1cccc(CCc2nn[nH]n2)c1. The molecule has 0 unspecified atom stereocenters. The van der Waals surface area contributed by atoms with Gasteiger partial charge in [0.05, 0.1) is 0 Å². The summed E-state index contributed by atoms with van der Waals surface area (Å²) < 4.78 is 5.98. The summed E-state index contributed by atoms with van der Waals surface area (Å²) in [7, 11) is 0. The highest BCUT2D eigenvalue weighted by Crippen LogP contribution is 2.19. The van der Waals surface area contributed by atoms with Crippen LogP contribution in [0.2, 0.25) is 0 Å². The van der Waals surface area contributed by atoms with E-state index in [4.69, 9.17) is 4.74 Å². The summed E-state index contributed by atoms with van der Waals surface area (Å²) in [6.45, 7) is 4.83. The van der Waals surface area contributed by atoms with Crippen LogP contribution in [0.5, 0.6) is 5.75 Å². The molecule has 2 aromatic carbocycles. The van der Waals surface area contributed by atoms with Crippen LogP contribution < -0.4 is 4.74 Å². The minimum Gasteiger partial charge on any atom is -0.489 e. The first-order chi connectivity index (χ1) is 11.2. The number of aryl methyl sites for hydroxylation is 4. The summed E-state index contributed by atoms with van der Waals surface area (Å²) in [6, 6.07) is 14.5. The quantitative estimate of drug-likeness (QED) is 0.759.